The van der Waals surface area contributed by atoms with Crippen LogP contribution in [0.1, 0.15) is 11.3 Å². The minimum absolute atomic E-state index is 0.0691. The summed E-state index contributed by atoms with van der Waals surface area (Å²) in [5, 5.41) is 0. The number of piperazine rings is 1. The molecule has 6 nitrogen and oxygen atoms in total. The summed E-state index contributed by atoms with van der Waals surface area (Å²) < 4.78 is 18.8. The van der Waals surface area contributed by atoms with Gasteiger partial charge in [0.2, 0.25) is 5.88 Å². The van der Waals surface area contributed by atoms with Crippen molar-refractivity contribution in [2.45, 2.75) is 13.8 Å². The Morgan fingerprint density at radius 1 is 0.968 bits per heavy atom. The van der Waals surface area contributed by atoms with Gasteiger partial charge in [-0.2, -0.15) is 4.98 Å². The first-order valence-electron chi connectivity index (χ1n) is 10.3. The molecule has 0 spiro atoms. The van der Waals surface area contributed by atoms with Crippen LogP contribution in [0.5, 0.6) is 5.88 Å². The van der Waals surface area contributed by atoms with E-state index in [1.54, 1.807) is 23.1 Å². The molecule has 0 aliphatic carbocycles. The van der Waals surface area contributed by atoms with E-state index in [2.05, 4.69) is 14.9 Å². The van der Waals surface area contributed by atoms with E-state index in [4.69, 9.17) is 4.74 Å². The second kappa shape index (κ2) is 9.12. The second-order valence-electron chi connectivity index (χ2n) is 7.67. The lowest BCUT2D eigenvalue weighted by molar-refractivity contribution is -0.133. The fraction of sp³-hybridized carbons (Fsp3) is 0.292. The number of halogens is 1. The van der Waals surface area contributed by atoms with Crippen LogP contribution < -0.4 is 9.64 Å². The average molecular weight is 420 g/mol. The Bertz CT molecular complexity index is 1050. The minimum Gasteiger partial charge on any atom is -0.467 e. The second-order valence-corrected chi connectivity index (χ2v) is 7.67. The molecule has 1 fully saturated rings. The van der Waals surface area contributed by atoms with E-state index in [1.165, 1.54) is 12.1 Å². The molecule has 1 aromatic heterocycles. The quantitative estimate of drug-likeness (QED) is 0.631. The highest BCUT2D eigenvalue weighted by molar-refractivity contribution is 5.78. The largest absolute Gasteiger partial charge is 0.467 e. The number of hydrogen-bond acceptors (Lipinski definition) is 5. The summed E-state index contributed by atoms with van der Waals surface area (Å²) >= 11 is 0. The summed E-state index contributed by atoms with van der Waals surface area (Å²) in [5.74, 6) is 0.642. The molecule has 1 saturated heterocycles. The fourth-order valence-corrected chi connectivity index (χ4v) is 3.54. The average Bonchev–Trinajstić information content (AvgIpc) is 2.78. The molecule has 0 N–H and O–H groups in total. The van der Waals surface area contributed by atoms with Crippen LogP contribution in [0.3, 0.4) is 0 Å². The molecule has 4 rings (SSSR count). The number of amides is 1. The van der Waals surface area contributed by atoms with Gasteiger partial charge in [-0.15, -0.1) is 0 Å². The molecule has 0 bridgehead atoms. The molecule has 3 aromatic rings. The number of aryl methyl sites for hydroxylation is 2. The van der Waals surface area contributed by atoms with Gasteiger partial charge in [-0.1, -0.05) is 29.8 Å². The number of ether oxygens (including phenoxy) is 1. The van der Waals surface area contributed by atoms with Gasteiger partial charge < -0.3 is 14.5 Å². The van der Waals surface area contributed by atoms with E-state index in [9.17, 15) is 9.18 Å². The van der Waals surface area contributed by atoms with Crippen molar-refractivity contribution in [2.75, 3.05) is 37.7 Å². The summed E-state index contributed by atoms with van der Waals surface area (Å²) in [6, 6.07) is 16.1. The molecule has 31 heavy (non-hydrogen) atoms. The van der Waals surface area contributed by atoms with Crippen LogP contribution in [-0.2, 0) is 4.79 Å². The summed E-state index contributed by atoms with van der Waals surface area (Å²) in [6.45, 7) is 6.42. The van der Waals surface area contributed by atoms with Crippen molar-refractivity contribution < 1.29 is 13.9 Å². The Morgan fingerprint density at radius 2 is 1.65 bits per heavy atom. The van der Waals surface area contributed by atoms with Crippen LogP contribution in [0.15, 0.2) is 54.6 Å². The number of anilines is 1. The lowest BCUT2D eigenvalue weighted by atomic mass is 10.1. The zero-order valence-corrected chi connectivity index (χ0v) is 17.7. The number of aromatic nitrogens is 2. The normalized spacial score (nSPS) is 13.9. The van der Waals surface area contributed by atoms with Gasteiger partial charge in [-0.3, -0.25) is 4.79 Å². The van der Waals surface area contributed by atoms with E-state index >= 15 is 0 Å². The topological polar surface area (TPSA) is 58.6 Å². The molecule has 2 aromatic carbocycles. The molecule has 0 radical (unpaired) electrons. The SMILES string of the molecule is Cc1ccc(-c2nc(C)cc(OCC(=O)N3CCN(c4ccc(F)cc4)CC3)n2)cc1. The zero-order chi connectivity index (χ0) is 21.8. The molecule has 0 atom stereocenters. The third-order valence-electron chi connectivity index (χ3n) is 5.31. The van der Waals surface area contributed by atoms with Gasteiger partial charge in [0.05, 0.1) is 0 Å². The first-order valence-corrected chi connectivity index (χ1v) is 10.3. The number of rotatable bonds is 5. The molecule has 1 aliphatic heterocycles. The highest BCUT2D eigenvalue weighted by Gasteiger charge is 2.22. The van der Waals surface area contributed by atoms with Gasteiger partial charge in [-0.25, -0.2) is 9.37 Å². The summed E-state index contributed by atoms with van der Waals surface area (Å²) in [6.07, 6.45) is 0. The molecule has 0 unspecified atom stereocenters. The van der Waals surface area contributed by atoms with Crippen LogP contribution in [0.2, 0.25) is 0 Å². The van der Waals surface area contributed by atoms with E-state index in [1.807, 2.05) is 38.1 Å². The third-order valence-corrected chi connectivity index (χ3v) is 5.31. The Morgan fingerprint density at radius 3 is 2.32 bits per heavy atom. The molecule has 1 amide bonds. The maximum atomic E-state index is 13.1. The zero-order valence-electron chi connectivity index (χ0n) is 17.7. The van der Waals surface area contributed by atoms with E-state index in [-0.39, 0.29) is 18.3 Å². The lowest BCUT2D eigenvalue weighted by Crippen LogP contribution is -2.50. The van der Waals surface area contributed by atoms with Gasteiger partial charge in [0, 0.05) is 49.2 Å². The molecule has 7 heteroatoms. The van der Waals surface area contributed by atoms with Crippen LogP contribution in [0.4, 0.5) is 10.1 Å². The number of benzene rings is 2. The number of nitrogens with zero attached hydrogens (tertiary/aromatic N) is 4. The predicted molar refractivity (Wildman–Crippen MR) is 118 cm³/mol. The van der Waals surface area contributed by atoms with Crippen LogP contribution >= 0.6 is 0 Å². The highest BCUT2D eigenvalue weighted by Crippen LogP contribution is 2.20. The number of carbonyl (C=O) groups excluding carboxylic acids is 1. The maximum Gasteiger partial charge on any atom is 0.260 e. The van der Waals surface area contributed by atoms with Crippen molar-refractivity contribution in [2.24, 2.45) is 0 Å². The molecular weight excluding hydrogens is 395 g/mol. The standard InChI is InChI=1S/C24H25FN4O2/c1-17-3-5-19(6-4-17)24-26-18(2)15-22(27-24)31-16-23(30)29-13-11-28(12-14-29)21-9-7-20(25)8-10-21/h3-10,15H,11-14,16H2,1-2H3. The minimum atomic E-state index is -0.250. The van der Waals surface area contributed by atoms with Gasteiger partial charge in [-0.05, 0) is 38.1 Å². The van der Waals surface area contributed by atoms with Crippen LogP contribution in [-0.4, -0.2) is 53.6 Å². The van der Waals surface area contributed by atoms with E-state index in [0.29, 0.717) is 37.9 Å². The summed E-state index contributed by atoms with van der Waals surface area (Å²) in [4.78, 5) is 25.5. The number of hydrogen-bond donors (Lipinski definition) is 0. The van der Waals surface area contributed by atoms with Gasteiger partial charge in [0.15, 0.2) is 12.4 Å². The predicted octanol–water partition coefficient (Wildman–Crippen LogP) is 3.63. The first kappa shape index (κ1) is 20.8. The van der Waals surface area contributed by atoms with E-state index < -0.39 is 0 Å². The Balaban J connectivity index is 1.34. The molecule has 160 valence electrons. The Kier molecular flexibility index (Phi) is 6.11. The van der Waals surface area contributed by atoms with Gasteiger partial charge >= 0.3 is 0 Å². The third kappa shape index (κ3) is 5.17. The van der Waals surface area contributed by atoms with Crippen molar-refractivity contribution in [3.05, 3.63) is 71.7 Å². The van der Waals surface area contributed by atoms with Crippen molar-refractivity contribution in [1.82, 2.24) is 14.9 Å². The Hall–Kier alpha value is -3.48. The summed E-state index contributed by atoms with van der Waals surface area (Å²) in [7, 11) is 0. The molecule has 1 aliphatic rings. The van der Waals surface area contributed by atoms with Gasteiger partial charge in [0.25, 0.3) is 5.91 Å². The fourth-order valence-electron chi connectivity index (χ4n) is 3.54. The smallest absolute Gasteiger partial charge is 0.260 e. The first-order chi connectivity index (χ1) is 15.0. The lowest BCUT2D eigenvalue weighted by Gasteiger charge is -2.36. The molecule has 0 saturated carbocycles. The van der Waals surface area contributed by atoms with Crippen molar-refractivity contribution in [3.63, 3.8) is 0 Å². The Labute approximate surface area is 181 Å². The number of carbonyl (C=O) groups is 1. The van der Waals surface area contributed by atoms with Crippen molar-refractivity contribution in [1.29, 1.82) is 0 Å². The molecular formula is C24H25FN4O2. The highest BCUT2D eigenvalue weighted by atomic mass is 19.1. The van der Waals surface area contributed by atoms with Crippen LogP contribution in [0, 0.1) is 19.7 Å². The van der Waals surface area contributed by atoms with Crippen LogP contribution in [0.25, 0.3) is 11.4 Å². The summed E-state index contributed by atoms with van der Waals surface area (Å²) in [5.41, 5.74) is 3.81. The van der Waals surface area contributed by atoms with Gasteiger partial charge in [0.1, 0.15) is 5.82 Å². The van der Waals surface area contributed by atoms with E-state index in [0.717, 1.165) is 22.5 Å². The van der Waals surface area contributed by atoms with Crippen molar-refractivity contribution >= 4 is 11.6 Å². The maximum absolute atomic E-state index is 13.1. The molecule has 2 heterocycles. The monoisotopic (exact) mass is 420 g/mol. The van der Waals surface area contributed by atoms with Crippen molar-refractivity contribution in [3.8, 4) is 17.3 Å².